The molecule has 1 heterocycles. The van der Waals surface area contributed by atoms with Crippen molar-refractivity contribution >= 4 is 5.95 Å². The van der Waals surface area contributed by atoms with E-state index in [0.29, 0.717) is 18.4 Å². The summed E-state index contributed by atoms with van der Waals surface area (Å²) >= 11 is 0. The van der Waals surface area contributed by atoms with Crippen molar-refractivity contribution in [1.82, 2.24) is 9.97 Å². The molecule has 0 saturated heterocycles. The van der Waals surface area contributed by atoms with E-state index in [4.69, 9.17) is 10.5 Å². The molecule has 5 nitrogen and oxygen atoms in total. The standard InChI is InChI=1S/C11H20N4O/c1-3-8-16-10-5-7-14-11(15-10)13-6-4-9(2)12/h5,7,9H,3-4,6,8,12H2,1-2H3,(H,13,14,15). The van der Waals surface area contributed by atoms with Gasteiger partial charge in [0.25, 0.3) is 0 Å². The SMILES string of the molecule is CCCOc1ccnc(NCCC(C)N)n1. The van der Waals surface area contributed by atoms with Crippen LogP contribution in [0.15, 0.2) is 12.3 Å². The van der Waals surface area contributed by atoms with Crippen molar-refractivity contribution in [3.63, 3.8) is 0 Å². The number of ether oxygens (including phenoxy) is 1. The summed E-state index contributed by atoms with van der Waals surface area (Å²) in [6.07, 6.45) is 3.55. The van der Waals surface area contributed by atoms with Crippen molar-refractivity contribution in [2.24, 2.45) is 5.73 Å². The Balaban J connectivity index is 2.40. The smallest absolute Gasteiger partial charge is 0.225 e. The van der Waals surface area contributed by atoms with E-state index in [9.17, 15) is 0 Å². The summed E-state index contributed by atoms with van der Waals surface area (Å²) in [6, 6.07) is 1.94. The first kappa shape index (κ1) is 12.7. The highest BCUT2D eigenvalue weighted by Gasteiger charge is 2.00. The van der Waals surface area contributed by atoms with Gasteiger partial charge in [0.05, 0.1) is 6.61 Å². The summed E-state index contributed by atoms with van der Waals surface area (Å²) < 4.78 is 5.41. The van der Waals surface area contributed by atoms with Gasteiger partial charge in [0.1, 0.15) is 0 Å². The molecule has 1 aromatic rings. The molecular formula is C11H20N4O. The molecule has 0 aromatic carbocycles. The van der Waals surface area contributed by atoms with E-state index in [1.54, 1.807) is 12.3 Å². The fourth-order valence-electron chi connectivity index (χ4n) is 1.13. The first-order chi connectivity index (χ1) is 7.72. The Kier molecular flexibility index (Phi) is 5.56. The van der Waals surface area contributed by atoms with Gasteiger partial charge in [-0.15, -0.1) is 0 Å². The van der Waals surface area contributed by atoms with Gasteiger partial charge in [-0.25, -0.2) is 4.98 Å². The number of rotatable bonds is 7. The van der Waals surface area contributed by atoms with E-state index < -0.39 is 0 Å². The van der Waals surface area contributed by atoms with E-state index >= 15 is 0 Å². The van der Waals surface area contributed by atoms with Crippen molar-refractivity contribution in [1.29, 1.82) is 0 Å². The second-order valence-electron chi connectivity index (χ2n) is 3.76. The Bertz CT molecular complexity index is 304. The third-order valence-electron chi connectivity index (χ3n) is 1.97. The Hall–Kier alpha value is -1.36. The second kappa shape index (κ2) is 7.00. The number of hydrogen-bond acceptors (Lipinski definition) is 5. The predicted molar refractivity (Wildman–Crippen MR) is 64.6 cm³/mol. The molecule has 1 unspecified atom stereocenters. The highest BCUT2D eigenvalue weighted by atomic mass is 16.5. The topological polar surface area (TPSA) is 73.1 Å². The first-order valence-corrected chi connectivity index (χ1v) is 5.67. The Labute approximate surface area is 96.4 Å². The maximum Gasteiger partial charge on any atom is 0.225 e. The van der Waals surface area contributed by atoms with Crippen LogP contribution < -0.4 is 15.8 Å². The lowest BCUT2D eigenvalue weighted by Gasteiger charge is -2.08. The number of nitrogens with one attached hydrogen (secondary N) is 1. The zero-order valence-electron chi connectivity index (χ0n) is 9.94. The van der Waals surface area contributed by atoms with Crippen molar-refractivity contribution in [2.75, 3.05) is 18.5 Å². The maximum atomic E-state index is 5.65. The van der Waals surface area contributed by atoms with Crippen molar-refractivity contribution < 1.29 is 4.74 Å². The minimum absolute atomic E-state index is 0.187. The molecule has 1 aromatic heterocycles. The van der Waals surface area contributed by atoms with Crippen LogP contribution in [0.3, 0.4) is 0 Å². The maximum absolute atomic E-state index is 5.65. The van der Waals surface area contributed by atoms with E-state index in [-0.39, 0.29) is 6.04 Å². The molecule has 3 N–H and O–H groups in total. The number of aromatic nitrogens is 2. The van der Waals surface area contributed by atoms with Crippen molar-refractivity contribution in [3.8, 4) is 5.88 Å². The van der Waals surface area contributed by atoms with Crippen molar-refractivity contribution in [3.05, 3.63) is 12.3 Å². The van der Waals surface area contributed by atoms with Crippen LogP contribution in [0.25, 0.3) is 0 Å². The van der Waals surface area contributed by atoms with Gasteiger partial charge < -0.3 is 15.8 Å². The quantitative estimate of drug-likeness (QED) is 0.732. The lowest BCUT2D eigenvalue weighted by Crippen LogP contribution is -2.19. The fourth-order valence-corrected chi connectivity index (χ4v) is 1.13. The molecule has 0 aliphatic rings. The van der Waals surface area contributed by atoms with Crippen LogP contribution in [0, 0.1) is 0 Å². The third-order valence-corrected chi connectivity index (χ3v) is 1.97. The largest absolute Gasteiger partial charge is 0.478 e. The van der Waals surface area contributed by atoms with Gasteiger partial charge in [-0.2, -0.15) is 4.98 Å². The summed E-state index contributed by atoms with van der Waals surface area (Å²) in [4.78, 5) is 8.32. The van der Waals surface area contributed by atoms with Crippen LogP contribution >= 0.6 is 0 Å². The van der Waals surface area contributed by atoms with E-state index in [1.165, 1.54) is 0 Å². The molecule has 5 heteroatoms. The van der Waals surface area contributed by atoms with Crippen LogP contribution in [0.5, 0.6) is 5.88 Å². The minimum Gasteiger partial charge on any atom is -0.478 e. The molecule has 0 aliphatic heterocycles. The second-order valence-corrected chi connectivity index (χ2v) is 3.76. The molecule has 0 saturated carbocycles. The molecule has 0 bridgehead atoms. The lowest BCUT2D eigenvalue weighted by atomic mass is 10.2. The molecule has 0 aliphatic carbocycles. The highest BCUT2D eigenvalue weighted by molar-refractivity contribution is 5.27. The minimum atomic E-state index is 0.187. The number of hydrogen-bond donors (Lipinski definition) is 2. The van der Waals surface area contributed by atoms with Gasteiger partial charge in [-0.1, -0.05) is 6.92 Å². The molecule has 16 heavy (non-hydrogen) atoms. The highest BCUT2D eigenvalue weighted by Crippen LogP contribution is 2.08. The molecule has 0 amide bonds. The predicted octanol–water partition coefficient (Wildman–Crippen LogP) is 1.41. The Morgan fingerprint density at radius 1 is 1.56 bits per heavy atom. The summed E-state index contributed by atoms with van der Waals surface area (Å²) in [6.45, 7) is 5.48. The van der Waals surface area contributed by atoms with Gasteiger partial charge >= 0.3 is 0 Å². The molecule has 0 fully saturated rings. The van der Waals surface area contributed by atoms with Gasteiger partial charge in [0.2, 0.25) is 11.8 Å². The van der Waals surface area contributed by atoms with Crippen LogP contribution in [-0.2, 0) is 0 Å². The number of anilines is 1. The first-order valence-electron chi connectivity index (χ1n) is 5.67. The lowest BCUT2D eigenvalue weighted by molar-refractivity contribution is 0.305. The van der Waals surface area contributed by atoms with E-state index in [0.717, 1.165) is 19.4 Å². The molecular weight excluding hydrogens is 204 g/mol. The summed E-state index contributed by atoms with van der Waals surface area (Å²) in [5.74, 6) is 1.20. The number of nitrogens with zero attached hydrogens (tertiary/aromatic N) is 2. The van der Waals surface area contributed by atoms with Gasteiger partial charge in [-0.3, -0.25) is 0 Å². The molecule has 0 radical (unpaired) electrons. The van der Waals surface area contributed by atoms with Crippen LogP contribution in [0.1, 0.15) is 26.7 Å². The zero-order chi connectivity index (χ0) is 11.8. The van der Waals surface area contributed by atoms with E-state index in [2.05, 4.69) is 22.2 Å². The van der Waals surface area contributed by atoms with Crippen molar-refractivity contribution in [2.45, 2.75) is 32.7 Å². The summed E-state index contributed by atoms with van der Waals surface area (Å²) in [5.41, 5.74) is 5.65. The van der Waals surface area contributed by atoms with Crippen LogP contribution in [-0.4, -0.2) is 29.2 Å². The molecule has 90 valence electrons. The van der Waals surface area contributed by atoms with Gasteiger partial charge in [0, 0.05) is 24.8 Å². The Morgan fingerprint density at radius 2 is 2.38 bits per heavy atom. The molecule has 1 rings (SSSR count). The van der Waals surface area contributed by atoms with Crippen LogP contribution in [0.2, 0.25) is 0 Å². The van der Waals surface area contributed by atoms with Gasteiger partial charge in [0.15, 0.2) is 0 Å². The third kappa shape index (κ3) is 4.93. The van der Waals surface area contributed by atoms with Gasteiger partial charge in [-0.05, 0) is 19.8 Å². The average molecular weight is 224 g/mol. The zero-order valence-corrected chi connectivity index (χ0v) is 9.94. The summed E-state index contributed by atoms with van der Waals surface area (Å²) in [5, 5.41) is 3.11. The fraction of sp³-hybridized carbons (Fsp3) is 0.636. The van der Waals surface area contributed by atoms with Crippen LogP contribution in [0.4, 0.5) is 5.95 Å². The molecule has 1 atom stereocenters. The Morgan fingerprint density at radius 3 is 3.06 bits per heavy atom. The molecule has 0 spiro atoms. The number of nitrogens with two attached hydrogens (primary N) is 1. The summed E-state index contributed by atoms with van der Waals surface area (Å²) in [7, 11) is 0. The average Bonchev–Trinajstić information content (AvgIpc) is 2.26. The normalized spacial score (nSPS) is 12.2. The monoisotopic (exact) mass is 224 g/mol. The van der Waals surface area contributed by atoms with E-state index in [1.807, 2.05) is 6.92 Å².